The van der Waals surface area contributed by atoms with Gasteiger partial charge in [0.15, 0.2) is 0 Å². The van der Waals surface area contributed by atoms with Gasteiger partial charge in [0.1, 0.15) is 0 Å². The minimum Gasteiger partial charge on any atom is -0.326 e. The molecular formula is C17H17N3O2. The molecule has 0 fully saturated rings. The molecule has 0 unspecified atom stereocenters. The van der Waals surface area contributed by atoms with Crippen LogP contribution in [0.15, 0.2) is 53.6 Å². The van der Waals surface area contributed by atoms with Crippen LogP contribution in [0.25, 0.3) is 0 Å². The number of anilines is 1. The van der Waals surface area contributed by atoms with Gasteiger partial charge in [0, 0.05) is 18.2 Å². The number of carbonyl (C=O) groups excluding carboxylic acids is 2. The van der Waals surface area contributed by atoms with Crippen molar-refractivity contribution in [2.45, 2.75) is 13.8 Å². The molecule has 2 aromatic carbocycles. The number of hydrogen-bond donors (Lipinski definition) is 2. The predicted molar refractivity (Wildman–Crippen MR) is 87.0 cm³/mol. The van der Waals surface area contributed by atoms with E-state index < -0.39 is 0 Å². The number of rotatable bonds is 4. The summed E-state index contributed by atoms with van der Waals surface area (Å²) < 4.78 is 0. The van der Waals surface area contributed by atoms with Crippen LogP contribution in [0.2, 0.25) is 0 Å². The highest BCUT2D eigenvalue weighted by molar-refractivity contribution is 5.96. The van der Waals surface area contributed by atoms with Crippen molar-refractivity contribution in [1.29, 1.82) is 0 Å². The summed E-state index contributed by atoms with van der Waals surface area (Å²) in [6.07, 6.45) is 1.61. The van der Waals surface area contributed by atoms with Gasteiger partial charge in [-0.25, -0.2) is 5.43 Å². The largest absolute Gasteiger partial charge is 0.326 e. The average molecular weight is 295 g/mol. The van der Waals surface area contributed by atoms with Crippen LogP contribution in [0.4, 0.5) is 5.69 Å². The Labute approximate surface area is 129 Å². The first kappa shape index (κ1) is 15.4. The summed E-state index contributed by atoms with van der Waals surface area (Å²) in [6.45, 7) is 3.41. The summed E-state index contributed by atoms with van der Waals surface area (Å²) in [5, 5.41) is 6.60. The van der Waals surface area contributed by atoms with E-state index >= 15 is 0 Å². The highest BCUT2D eigenvalue weighted by Crippen LogP contribution is 2.09. The molecule has 2 N–H and O–H groups in total. The lowest BCUT2D eigenvalue weighted by Gasteiger charge is -2.04. The van der Waals surface area contributed by atoms with Gasteiger partial charge in [0.25, 0.3) is 5.91 Å². The first-order valence-corrected chi connectivity index (χ1v) is 6.83. The lowest BCUT2D eigenvalue weighted by atomic mass is 10.1. The van der Waals surface area contributed by atoms with Crippen LogP contribution in [-0.2, 0) is 4.79 Å². The first-order valence-electron chi connectivity index (χ1n) is 6.83. The maximum atomic E-state index is 11.9. The Morgan fingerprint density at radius 3 is 2.36 bits per heavy atom. The van der Waals surface area contributed by atoms with Crippen LogP contribution in [-0.4, -0.2) is 18.0 Å². The van der Waals surface area contributed by atoms with Crippen molar-refractivity contribution < 1.29 is 9.59 Å². The standard InChI is InChI=1S/C17H17N3O2/c1-12-5-3-4-6-15(12)11-18-20-17(22)14-7-9-16(10-8-14)19-13(2)21/h3-11H,1-2H3,(H,19,21)(H,20,22)/b18-11-. The van der Waals surface area contributed by atoms with Crippen LogP contribution >= 0.6 is 0 Å². The molecule has 0 atom stereocenters. The molecule has 112 valence electrons. The molecule has 5 heteroatoms. The molecule has 0 aliphatic rings. The molecule has 0 aliphatic heterocycles. The van der Waals surface area contributed by atoms with E-state index in [0.29, 0.717) is 11.3 Å². The van der Waals surface area contributed by atoms with Crippen LogP contribution in [0, 0.1) is 6.92 Å². The van der Waals surface area contributed by atoms with Gasteiger partial charge in [-0.1, -0.05) is 24.3 Å². The second-order valence-corrected chi connectivity index (χ2v) is 4.81. The number of amides is 2. The summed E-state index contributed by atoms with van der Waals surface area (Å²) >= 11 is 0. The fourth-order valence-corrected chi connectivity index (χ4v) is 1.86. The van der Waals surface area contributed by atoms with E-state index in [0.717, 1.165) is 11.1 Å². The van der Waals surface area contributed by atoms with Crippen LogP contribution in [0.5, 0.6) is 0 Å². The van der Waals surface area contributed by atoms with Gasteiger partial charge in [-0.15, -0.1) is 0 Å². The third-order valence-corrected chi connectivity index (χ3v) is 3.03. The molecule has 0 saturated carbocycles. The van der Waals surface area contributed by atoms with Crippen molar-refractivity contribution in [3.05, 3.63) is 65.2 Å². The molecule has 2 aromatic rings. The van der Waals surface area contributed by atoms with Gasteiger partial charge >= 0.3 is 0 Å². The molecule has 2 amide bonds. The molecule has 0 heterocycles. The van der Waals surface area contributed by atoms with Crippen LogP contribution in [0.3, 0.4) is 0 Å². The summed E-state index contributed by atoms with van der Waals surface area (Å²) in [6, 6.07) is 14.4. The third-order valence-electron chi connectivity index (χ3n) is 3.03. The van der Waals surface area contributed by atoms with Gasteiger partial charge in [-0.2, -0.15) is 5.10 Å². The summed E-state index contributed by atoms with van der Waals surface area (Å²) in [5.41, 5.74) is 5.62. The summed E-state index contributed by atoms with van der Waals surface area (Å²) in [4.78, 5) is 22.9. The maximum absolute atomic E-state index is 11.9. The Morgan fingerprint density at radius 2 is 1.73 bits per heavy atom. The second kappa shape index (κ2) is 7.17. The SMILES string of the molecule is CC(=O)Nc1ccc(C(=O)N/N=C\c2ccccc2C)cc1. The Hall–Kier alpha value is -2.95. The van der Waals surface area contributed by atoms with E-state index in [-0.39, 0.29) is 11.8 Å². The third kappa shape index (κ3) is 4.28. The van der Waals surface area contributed by atoms with Crippen molar-refractivity contribution in [3.63, 3.8) is 0 Å². The maximum Gasteiger partial charge on any atom is 0.271 e. The van der Waals surface area contributed by atoms with Gasteiger partial charge in [0.05, 0.1) is 6.21 Å². The van der Waals surface area contributed by atoms with E-state index in [1.165, 1.54) is 6.92 Å². The van der Waals surface area contributed by atoms with Crippen LogP contribution < -0.4 is 10.7 Å². The Bertz CT molecular complexity index is 706. The average Bonchev–Trinajstić information content (AvgIpc) is 2.49. The smallest absolute Gasteiger partial charge is 0.271 e. The fraction of sp³-hybridized carbons (Fsp3) is 0.118. The van der Waals surface area contributed by atoms with Gasteiger partial charge in [-0.05, 0) is 42.3 Å². The Balaban J connectivity index is 1.97. The predicted octanol–water partition coefficient (Wildman–Crippen LogP) is 2.72. The molecule has 0 aliphatic carbocycles. The van der Waals surface area contributed by atoms with Crippen molar-refractivity contribution in [3.8, 4) is 0 Å². The van der Waals surface area contributed by atoms with Crippen molar-refractivity contribution in [2.75, 3.05) is 5.32 Å². The summed E-state index contributed by atoms with van der Waals surface area (Å²) in [5.74, 6) is -0.459. The Morgan fingerprint density at radius 1 is 1.05 bits per heavy atom. The van der Waals surface area contributed by atoms with Crippen LogP contribution in [0.1, 0.15) is 28.4 Å². The van der Waals surface area contributed by atoms with E-state index in [1.54, 1.807) is 30.5 Å². The molecule has 5 nitrogen and oxygen atoms in total. The minimum atomic E-state index is -0.306. The molecule has 22 heavy (non-hydrogen) atoms. The normalized spacial score (nSPS) is 10.5. The molecule has 0 bridgehead atoms. The lowest BCUT2D eigenvalue weighted by molar-refractivity contribution is -0.114. The first-order chi connectivity index (χ1) is 10.6. The Kier molecular flexibility index (Phi) is 5.03. The second-order valence-electron chi connectivity index (χ2n) is 4.81. The summed E-state index contributed by atoms with van der Waals surface area (Å²) in [7, 11) is 0. The number of hydrogen-bond acceptors (Lipinski definition) is 3. The molecule has 0 aromatic heterocycles. The van der Waals surface area contributed by atoms with E-state index in [9.17, 15) is 9.59 Å². The van der Waals surface area contributed by atoms with Crippen molar-refractivity contribution in [1.82, 2.24) is 5.43 Å². The molecule has 0 spiro atoms. The molecular weight excluding hydrogens is 278 g/mol. The fourth-order valence-electron chi connectivity index (χ4n) is 1.86. The zero-order chi connectivity index (χ0) is 15.9. The van der Waals surface area contributed by atoms with E-state index in [1.807, 2.05) is 31.2 Å². The monoisotopic (exact) mass is 295 g/mol. The zero-order valence-electron chi connectivity index (χ0n) is 12.5. The lowest BCUT2D eigenvalue weighted by Crippen LogP contribution is -2.17. The van der Waals surface area contributed by atoms with Crippen molar-refractivity contribution >= 4 is 23.7 Å². The number of hydrazone groups is 1. The van der Waals surface area contributed by atoms with Crippen molar-refractivity contribution in [2.24, 2.45) is 5.10 Å². The number of nitrogens with one attached hydrogen (secondary N) is 2. The van der Waals surface area contributed by atoms with Gasteiger partial charge < -0.3 is 5.32 Å². The number of carbonyl (C=O) groups is 2. The topological polar surface area (TPSA) is 70.6 Å². The van der Waals surface area contributed by atoms with E-state index in [4.69, 9.17) is 0 Å². The molecule has 0 saturated heterocycles. The van der Waals surface area contributed by atoms with Gasteiger partial charge in [-0.3, -0.25) is 9.59 Å². The minimum absolute atomic E-state index is 0.153. The molecule has 2 rings (SSSR count). The van der Waals surface area contributed by atoms with Gasteiger partial charge in [0.2, 0.25) is 5.91 Å². The number of benzene rings is 2. The zero-order valence-corrected chi connectivity index (χ0v) is 12.5. The molecule has 0 radical (unpaired) electrons. The number of aryl methyl sites for hydroxylation is 1. The highest BCUT2D eigenvalue weighted by atomic mass is 16.2. The number of nitrogens with zero attached hydrogens (tertiary/aromatic N) is 1. The highest BCUT2D eigenvalue weighted by Gasteiger charge is 2.04. The van der Waals surface area contributed by atoms with E-state index in [2.05, 4.69) is 15.8 Å². The quantitative estimate of drug-likeness (QED) is 0.672.